The predicted molar refractivity (Wildman–Crippen MR) is 65.0 cm³/mol. The van der Waals surface area contributed by atoms with Crippen LogP contribution in [0, 0.1) is 23.7 Å². The second-order valence-electron chi connectivity index (χ2n) is 4.64. The number of aromatic nitrogens is 2. The maximum Gasteiger partial charge on any atom is 0.131 e. The van der Waals surface area contributed by atoms with Crippen molar-refractivity contribution >= 4 is 11.3 Å². The van der Waals surface area contributed by atoms with Crippen molar-refractivity contribution in [2.75, 3.05) is 6.54 Å². The fourth-order valence-electron chi connectivity index (χ4n) is 1.40. The highest BCUT2D eigenvalue weighted by Gasteiger charge is 2.16. The third kappa shape index (κ3) is 4.69. The summed E-state index contributed by atoms with van der Waals surface area (Å²) in [4.78, 5) is 0. The summed E-state index contributed by atoms with van der Waals surface area (Å²) in [5.74, 6) is 0. The number of hydrogen-bond donors (Lipinski definition) is 1. The first-order valence-corrected chi connectivity index (χ1v) is 6.22. The molecule has 0 unspecified atom stereocenters. The van der Waals surface area contributed by atoms with Gasteiger partial charge in [-0.15, -0.1) is 21.5 Å². The highest BCUT2D eigenvalue weighted by atomic mass is 32.1. The summed E-state index contributed by atoms with van der Waals surface area (Å²) in [6.07, 6.45) is 1.54. The molecule has 1 heterocycles. The normalized spacial score (nSPS) is 11.4. The minimum Gasteiger partial charge on any atom is -0.310 e. The van der Waals surface area contributed by atoms with Crippen LogP contribution in [-0.4, -0.2) is 16.7 Å². The molecule has 16 heavy (non-hydrogen) atoms. The molecule has 1 N–H and O–H groups in total. The molecular weight excluding hydrogens is 220 g/mol. The van der Waals surface area contributed by atoms with E-state index in [4.69, 9.17) is 5.26 Å². The molecular formula is C11H18N4S. The molecule has 0 aromatic carbocycles. The van der Waals surface area contributed by atoms with Gasteiger partial charge in [0.15, 0.2) is 0 Å². The van der Waals surface area contributed by atoms with Crippen molar-refractivity contribution in [1.82, 2.24) is 15.5 Å². The molecule has 0 aliphatic carbocycles. The van der Waals surface area contributed by atoms with Crippen LogP contribution in [0.3, 0.4) is 0 Å². The van der Waals surface area contributed by atoms with E-state index in [1.807, 2.05) is 6.92 Å². The van der Waals surface area contributed by atoms with Gasteiger partial charge in [-0.3, -0.25) is 0 Å². The lowest BCUT2D eigenvalue weighted by molar-refractivity contribution is 0.317. The van der Waals surface area contributed by atoms with Crippen molar-refractivity contribution in [1.29, 1.82) is 5.26 Å². The molecule has 0 fully saturated rings. The average molecular weight is 238 g/mol. The molecule has 1 rings (SSSR count). The van der Waals surface area contributed by atoms with E-state index in [0.29, 0.717) is 6.42 Å². The minimum absolute atomic E-state index is 0.162. The summed E-state index contributed by atoms with van der Waals surface area (Å²) < 4.78 is 0. The van der Waals surface area contributed by atoms with Gasteiger partial charge in [0.05, 0.1) is 6.07 Å². The fraction of sp³-hybridized carbons (Fsp3) is 0.727. The maximum atomic E-state index is 8.55. The number of nitrogens with zero attached hydrogens (tertiary/aromatic N) is 3. The van der Waals surface area contributed by atoms with Crippen molar-refractivity contribution in [2.45, 2.75) is 40.2 Å². The number of nitriles is 1. The zero-order chi connectivity index (χ0) is 12.0. The highest BCUT2D eigenvalue weighted by Crippen LogP contribution is 2.20. The predicted octanol–water partition coefficient (Wildman–Crippen LogP) is 2.27. The van der Waals surface area contributed by atoms with E-state index in [0.717, 1.165) is 29.5 Å². The van der Waals surface area contributed by atoms with E-state index in [1.165, 1.54) is 0 Å². The Labute approximate surface area is 101 Å². The van der Waals surface area contributed by atoms with Gasteiger partial charge in [-0.1, -0.05) is 13.8 Å². The molecule has 1 aromatic heterocycles. The first-order chi connectivity index (χ1) is 7.53. The van der Waals surface area contributed by atoms with Crippen LogP contribution >= 0.6 is 11.3 Å². The van der Waals surface area contributed by atoms with Crippen molar-refractivity contribution in [3.63, 3.8) is 0 Å². The fourth-order valence-corrected chi connectivity index (χ4v) is 2.08. The monoisotopic (exact) mass is 238 g/mol. The number of aryl methyl sites for hydroxylation is 1. The van der Waals surface area contributed by atoms with E-state index in [1.54, 1.807) is 11.3 Å². The Morgan fingerprint density at radius 3 is 2.75 bits per heavy atom. The van der Waals surface area contributed by atoms with Crippen molar-refractivity contribution in [3.05, 3.63) is 10.0 Å². The minimum atomic E-state index is 0.162. The lowest BCUT2D eigenvalue weighted by Crippen LogP contribution is -2.28. The van der Waals surface area contributed by atoms with Crippen LogP contribution in [-0.2, 0) is 6.54 Å². The molecule has 5 heteroatoms. The molecule has 0 saturated carbocycles. The van der Waals surface area contributed by atoms with Gasteiger partial charge < -0.3 is 5.32 Å². The summed E-state index contributed by atoms with van der Waals surface area (Å²) in [7, 11) is 0. The SMILES string of the molecule is Cc1nnc(CNCC(C)(C)CCC#N)s1. The third-order valence-corrected chi connectivity index (χ3v) is 3.20. The molecule has 4 nitrogen and oxygen atoms in total. The van der Waals surface area contributed by atoms with Crippen LogP contribution in [0.2, 0.25) is 0 Å². The Kier molecular flexibility index (Phi) is 4.84. The molecule has 1 aromatic rings. The maximum absolute atomic E-state index is 8.55. The summed E-state index contributed by atoms with van der Waals surface area (Å²) in [6, 6.07) is 2.19. The molecule has 0 radical (unpaired) electrons. The summed E-state index contributed by atoms with van der Waals surface area (Å²) in [6.45, 7) is 7.96. The lowest BCUT2D eigenvalue weighted by atomic mass is 9.88. The van der Waals surface area contributed by atoms with Crippen molar-refractivity contribution in [3.8, 4) is 6.07 Å². The van der Waals surface area contributed by atoms with Crippen LogP contribution in [0.15, 0.2) is 0 Å². The first-order valence-electron chi connectivity index (χ1n) is 5.40. The Morgan fingerprint density at radius 2 is 2.19 bits per heavy atom. The second-order valence-corrected chi connectivity index (χ2v) is 5.91. The van der Waals surface area contributed by atoms with Crippen LogP contribution < -0.4 is 5.32 Å². The zero-order valence-electron chi connectivity index (χ0n) is 10.1. The van der Waals surface area contributed by atoms with Gasteiger partial charge in [0.2, 0.25) is 0 Å². The Balaban J connectivity index is 2.27. The van der Waals surface area contributed by atoms with Gasteiger partial charge >= 0.3 is 0 Å². The van der Waals surface area contributed by atoms with Gasteiger partial charge in [-0.25, -0.2) is 0 Å². The molecule has 0 spiro atoms. The van der Waals surface area contributed by atoms with Gasteiger partial charge in [-0.05, 0) is 18.8 Å². The van der Waals surface area contributed by atoms with Crippen molar-refractivity contribution < 1.29 is 0 Å². The standard InChI is InChI=1S/C11H18N4S/c1-9-14-15-10(16-9)7-13-8-11(2,3)5-4-6-12/h13H,4-5,7-8H2,1-3H3. The quantitative estimate of drug-likeness (QED) is 0.825. The topological polar surface area (TPSA) is 61.6 Å². The molecule has 0 aliphatic rings. The lowest BCUT2D eigenvalue weighted by Gasteiger charge is -2.23. The van der Waals surface area contributed by atoms with E-state index < -0.39 is 0 Å². The van der Waals surface area contributed by atoms with Gasteiger partial charge in [0, 0.05) is 19.5 Å². The third-order valence-electron chi connectivity index (χ3n) is 2.36. The van der Waals surface area contributed by atoms with E-state index >= 15 is 0 Å². The van der Waals surface area contributed by atoms with Crippen LogP contribution in [0.25, 0.3) is 0 Å². The molecule has 0 bridgehead atoms. The van der Waals surface area contributed by atoms with Gasteiger partial charge in [0.1, 0.15) is 10.0 Å². The summed E-state index contributed by atoms with van der Waals surface area (Å²) in [5, 5.41) is 22.0. The van der Waals surface area contributed by atoms with Crippen molar-refractivity contribution in [2.24, 2.45) is 5.41 Å². The zero-order valence-corrected chi connectivity index (χ0v) is 10.9. The summed E-state index contributed by atoms with van der Waals surface area (Å²) in [5.41, 5.74) is 0.162. The number of rotatable bonds is 6. The van der Waals surface area contributed by atoms with Gasteiger partial charge in [-0.2, -0.15) is 5.26 Å². The highest BCUT2D eigenvalue weighted by molar-refractivity contribution is 7.11. The number of nitrogens with one attached hydrogen (secondary N) is 1. The Morgan fingerprint density at radius 1 is 1.44 bits per heavy atom. The molecule has 0 atom stereocenters. The van der Waals surface area contributed by atoms with E-state index in [9.17, 15) is 0 Å². The molecule has 0 amide bonds. The number of hydrogen-bond acceptors (Lipinski definition) is 5. The van der Waals surface area contributed by atoms with Crippen LogP contribution in [0.4, 0.5) is 0 Å². The smallest absolute Gasteiger partial charge is 0.131 e. The molecule has 0 aliphatic heterocycles. The van der Waals surface area contributed by atoms with Crippen LogP contribution in [0.1, 0.15) is 36.7 Å². The second kappa shape index (κ2) is 5.92. The Hall–Kier alpha value is -0.990. The largest absolute Gasteiger partial charge is 0.310 e. The van der Waals surface area contributed by atoms with E-state index in [-0.39, 0.29) is 5.41 Å². The Bertz CT molecular complexity index is 364. The van der Waals surface area contributed by atoms with Gasteiger partial charge in [0.25, 0.3) is 0 Å². The molecule has 0 saturated heterocycles. The first kappa shape index (κ1) is 13.1. The summed E-state index contributed by atoms with van der Waals surface area (Å²) >= 11 is 1.62. The average Bonchev–Trinajstić information content (AvgIpc) is 2.61. The molecule has 88 valence electrons. The van der Waals surface area contributed by atoms with Crippen LogP contribution in [0.5, 0.6) is 0 Å². The van der Waals surface area contributed by atoms with E-state index in [2.05, 4.69) is 35.4 Å².